The molecule has 0 aliphatic carbocycles. The van der Waals surface area contributed by atoms with Crippen LogP contribution in [0, 0.1) is 0 Å². The number of methoxy groups -OCH3 is 1. The van der Waals surface area contributed by atoms with E-state index in [2.05, 4.69) is 27.1 Å². The second-order valence-corrected chi connectivity index (χ2v) is 8.01. The van der Waals surface area contributed by atoms with Crippen molar-refractivity contribution in [2.45, 2.75) is 19.8 Å². The monoisotopic (exact) mass is 433 g/mol. The molecule has 1 aromatic carbocycles. The van der Waals surface area contributed by atoms with Gasteiger partial charge in [0.05, 0.1) is 12.8 Å². The van der Waals surface area contributed by atoms with Crippen LogP contribution < -0.4 is 4.74 Å². The molecular weight excluding hydrogens is 406 g/mol. The van der Waals surface area contributed by atoms with Crippen molar-refractivity contribution >= 4 is 17.1 Å². The van der Waals surface area contributed by atoms with E-state index in [1.165, 1.54) is 0 Å². The Bertz CT molecular complexity index is 1240. The molecule has 3 aromatic heterocycles. The molecule has 0 N–H and O–H groups in total. The lowest BCUT2D eigenvalue weighted by Crippen LogP contribution is -2.48. The number of fused-ring (bicyclic) bond motifs is 3. The number of nitrogens with zero attached hydrogens (tertiary/aromatic N) is 7. The molecule has 1 amide bonds. The van der Waals surface area contributed by atoms with Crippen LogP contribution in [0.15, 0.2) is 42.7 Å². The third-order valence-corrected chi connectivity index (χ3v) is 6.21. The fraction of sp³-hybridized carbons (Fsp3) is 0.391. The van der Waals surface area contributed by atoms with Gasteiger partial charge >= 0.3 is 0 Å². The quantitative estimate of drug-likeness (QED) is 0.464. The lowest BCUT2D eigenvalue weighted by atomic mass is 10.1. The Morgan fingerprint density at radius 1 is 1.06 bits per heavy atom. The number of hydrogen-bond donors (Lipinski definition) is 0. The topological polar surface area (TPSA) is 80.3 Å². The van der Waals surface area contributed by atoms with Crippen LogP contribution in [0.2, 0.25) is 0 Å². The molecule has 1 aliphatic rings. The fourth-order valence-corrected chi connectivity index (χ4v) is 4.22. The molecule has 0 radical (unpaired) electrons. The molecular formula is C23H27N7O2. The first-order valence-corrected chi connectivity index (χ1v) is 11.0. The standard InChI is InChI=1S/C23H27N7O2/c1-3-27-10-12-28(13-11-27)22(31)9-8-21-24-25-23-20-16-19(26-30(20)15-14-29(21)23)17-4-6-18(32-2)7-5-17/h4-7,14-16H,3,8-13H2,1-2H3. The highest BCUT2D eigenvalue weighted by atomic mass is 16.5. The third kappa shape index (κ3) is 3.80. The average Bonchev–Trinajstić information content (AvgIpc) is 3.46. The third-order valence-electron chi connectivity index (χ3n) is 6.21. The van der Waals surface area contributed by atoms with E-state index in [1.54, 1.807) is 7.11 Å². The van der Waals surface area contributed by atoms with E-state index < -0.39 is 0 Å². The molecule has 166 valence electrons. The van der Waals surface area contributed by atoms with Gasteiger partial charge in [-0.3, -0.25) is 9.20 Å². The molecule has 0 bridgehead atoms. The zero-order valence-electron chi connectivity index (χ0n) is 18.4. The number of hydrogen-bond acceptors (Lipinski definition) is 6. The molecule has 9 nitrogen and oxygen atoms in total. The van der Waals surface area contributed by atoms with Crippen LogP contribution in [0.5, 0.6) is 5.75 Å². The smallest absolute Gasteiger partial charge is 0.223 e. The minimum Gasteiger partial charge on any atom is -0.497 e. The Hall–Kier alpha value is -3.46. The summed E-state index contributed by atoms with van der Waals surface area (Å²) in [6.45, 7) is 6.70. The van der Waals surface area contributed by atoms with Gasteiger partial charge in [-0.2, -0.15) is 5.10 Å². The van der Waals surface area contributed by atoms with Crippen molar-refractivity contribution in [1.29, 1.82) is 0 Å². The molecule has 5 rings (SSSR count). The highest BCUT2D eigenvalue weighted by molar-refractivity contribution is 5.78. The largest absolute Gasteiger partial charge is 0.497 e. The molecule has 1 aliphatic heterocycles. The van der Waals surface area contributed by atoms with E-state index >= 15 is 0 Å². The van der Waals surface area contributed by atoms with Crippen LogP contribution in [0.4, 0.5) is 0 Å². The molecule has 0 spiro atoms. The van der Waals surface area contributed by atoms with Gasteiger partial charge < -0.3 is 14.5 Å². The van der Waals surface area contributed by atoms with E-state index in [0.29, 0.717) is 12.8 Å². The van der Waals surface area contributed by atoms with Crippen molar-refractivity contribution in [1.82, 2.24) is 34.0 Å². The van der Waals surface area contributed by atoms with Gasteiger partial charge in [0.2, 0.25) is 5.91 Å². The SMILES string of the molecule is CCN1CCN(C(=O)CCc2nnc3c4cc(-c5ccc(OC)cc5)nn4ccn23)CC1. The number of piperazine rings is 1. The maximum absolute atomic E-state index is 12.7. The Morgan fingerprint density at radius 2 is 1.84 bits per heavy atom. The summed E-state index contributed by atoms with van der Waals surface area (Å²) in [5.74, 6) is 1.78. The molecule has 1 fully saturated rings. The zero-order chi connectivity index (χ0) is 22.1. The molecule has 0 saturated carbocycles. The van der Waals surface area contributed by atoms with Crippen molar-refractivity contribution in [3.63, 3.8) is 0 Å². The Kier molecular flexibility index (Phi) is 5.48. The van der Waals surface area contributed by atoms with Gasteiger partial charge in [0.1, 0.15) is 17.1 Å². The van der Waals surface area contributed by atoms with Crippen LogP contribution in [0.1, 0.15) is 19.2 Å². The number of ether oxygens (including phenoxy) is 1. The average molecular weight is 434 g/mol. The number of aromatic nitrogens is 5. The summed E-state index contributed by atoms with van der Waals surface area (Å²) in [5.41, 5.74) is 3.46. The number of carbonyl (C=O) groups is 1. The van der Waals surface area contributed by atoms with Gasteiger partial charge in [0.15, 0.2) is 5.65 Å². The number of benzene rings is 1. The zero-order valence-corrected chi connectivity index (χ0v) is 18.4. The maximum atomic E-state index is 12.7. The van der Waals surface area contributed by atoms with Gasteiger partial charge in [0, 0.05) is 57.0 Å². The summed E-state index contributed by atoms with van der Waals surface area (Å²) in [4.78, 5) is 17.0. The lowest BCUT2D eigenvalue weighted by Gasteiger charge is -2.34. The maximum Gasteiger partial charge on any atom is 0.223 e. The van der Waals surface area contributed by atoms with Gasteiger partial charge in [-0.05, 0) is 36.9 Å². The second kappa shape index (κ2) is 8.58. The normalized spacial score (nSPS) is 15.0. The van der Waals surface area contributed by atoms with E-state index in [4.69, 9.17) is 4.74 Å². The Labute approximate surface area is 186 Å². The number of rotatable bonds is 6. The summed E-state index contributed by atoms with van der Waals surface area (Å²) < 4.78 is 9.00. The molecule has 1 saturated heterocycles. The Balaban J connectivity index is 1.33. The summed E-state index contributed by atoms with van der Waals surface area (Å²) in [7, 11) is 1.65. The Morgan fingerprint density at radius 3 is 2.56 bits per heavy atom. The summed E-state index contributed by atoms with van der Waals surface area (Å²) >= 11 is 0. The first-order valence-electron chi connectivity index (χ1n) is 11.0. The number of amides is 1. The first kappa shape index (κ1) is 20.4. The number of carbonyl (C=O) groups excluding carboxylic acids is 1. The van der Waals surface area contributed by atoms with Gasteiger partial charge in [-0.25, -0.2) is 4.52 Å². The van der Waals surface area contributed by atoms with Crippen molar-refractivity contribution in [3.05, 3.63) is 48.5 Å². The first-order chi connectivity index (χ1) is 15.7. The van der Waals surface area contributed by atoms with Crippen LogP contribution in [0.25, 0.3) is 22.4 Å². The molecule has 9 heteroatoms. The highest BCUT2D eigenvalue weighted by Crippen LogP contribution is 2.24. The van der Waals surface area contributed by atoms with E-state index in [0.717, 1.165) is 66.7 Å². The van der Waals surface area contributed by atoms with Crippen molar-refractivity contribution in [2.75, 3.05) is 39.8 Å². The van der Waals surface area contributed by atoms with Crippen LogP contribution in [0.3, 0.4) is 0 Å². The predicted molar refractivity (Wildman–Crippen MR) is 121 cm³/mol. The lowest BCUT2D eigenvalue weighted by molar-refractivity contribution is -0.132. The van der Waals surface area contributed by atoms with Crippen LogP contribution >= 0.6 is 0 Å². The van der Waals surface area contributed by atoms with Crippen molar-refractivity contribution in [3.8, 4) is 17.0 Å². The molecule has 32 heavy (non-hydrogen) atoms. The molecule has 4 aromatic rings. The minimum absolute atomic E-state index is 0.185. The van der Waals surface area contributed by atoms with E-state index in [-0.39, 0.29) is 5.91 Å². The van der Waals surface area contributed by atoms with E-state index in [1.807, 2.05) is 56.5 Å². The fourth-order valence-electron chi connectivity index (χ4n) is 4.22. The van der Waals surface area contributed by atoms with E-state index in [9.17, 15) is 4.79 Å². The number of likely N-dealkylation sites (N-methyl/N-ethyl adjacent to an activating group) is 1. The number of aryl methyl sites for hydroxylation is 1. The van der Waals surface area contributed by atoms with Gasteiger partial charge in [-0.1, -0.05) is 6.92 Å². The second-order valence-electron chi connectivity index (χ2n) is 8.01. The summed E-state index contributed by atoms with van der Waals surface area (Å²) in [5, 5.41) is 13.4. The van der Waals surface area contributed by atoms with Crippen molar-refractivity contribution < 1.29 is 9.53 Å². The van der Waals surface area contributed by atoms with Crippen LogP contribution in [-0.2, 0) is 11.2 Å². The van der Waals surface area contributed by atoms with Crippen LogP contribution in [-0.4, -0.2) is 79.8 Å². The highest BCUT2D eigenvalue weighted by Gasteiger charge is 2.21. The van der Waals surface area contributed by atoms with Gasteiger partial charge in [0.25, 0.3) is 0 Å². The summed E-state index contributed by atoms with van der Waals surface area (Å²) in [6.07, 6.45) is 4.80. The molecule has 4 heterocycles. The molecule has 0 unspecified atom stereocenters. The molecule has 0 atom stereocenters. The minimum atomic E-state index is 0.185. The van der Waals surface area contributed by atoms with Gasteiger partial charge in [-0.15, -0.1) is 10.2 Å². The predicted octanol–water partition coefficient (Wildman–Crippen LogP) is 2.15. The summed E-state index contributed by atoms with van der Waals surface area (Å²) in [6, 6.07) is 9.82. The van der Waals surface area contributed by atoms with Crippen molar-refractivity contribution in [2.24, 2.45) is 0 Å².